The first kappa shape index (κ1) is 15.9. The second-order valence-corrected chi connectivity index (χ2v) is 5.44. The monoisotopic (exact) mass is 244 g/mol. The minimum absolute atomic E-state index is 0.223. The van der Waals surface area contributed by atoms with Crippen LogP contribution in [0.25, 0.3) is 0 Å². The van der Waals surface area contributed by atoms with E-state index in [0.29, 0.717) is 6.42 Å². The van der Waals surface area contributed by atoms with Crippen molar-refractivity contribution in [2.24, 2.45) is 10.8 Å². The largest absolute Gasteiger partial charge is 0.480 e. The highest BCUT2D eigenvalue weighted by Gasteiger charge is 2.55. The van der Waals surface area contributed by atoms with E-state index in [0.717, 1.165) is 0 Å². The van der Waals surface area contributed by atoms with Crippen LogP contribution in [0.3, 0.4) is 0 Å². The van der Waals surface area contributed by atoms with Crippen molar-refractivity contribution < 1.29 is 19.4 Å². The van der Waals surface area contributed by atoms with Gasteiger partial charge in [0.1, 0.15) is 0 Å². The molecule has 0 aliphatic heterocycles. The molecule has 100 valence electrons. The highest BCUT2D eigenvalue weighted by atomic mass is 16.5. The van der Waals surface area contributed by atoms with Gasteiger partial charge < -0.3 is 9.84 Å². The Bertz CT molecular complexity index is 290. The van der Waals surface area contributed by atoms with Gasteiger partial charge in [0.05, 0.1) is 6.10 Å². The van der Waals surface area contributed by atoms with Crippen LogP contribution in [0.5, 0.6) is 0 Å². The average Bonchev–Trinajstić information content (AvgIpc) is 2.16. The highest BCUT2D eigenvalue weighted by molar-refractivity contribution is 6.00. The van der Waals surface area contributed by atoms with Gasteiger partial charge >= 0.3 is 11.9 Å². The molecule has 0 aliphatic rings. The van der Waals surface area contributed by atoms with Crippen LogP contribution in [0.15, 0.2) is 0 Å². The van der Waals surface area contributed by atoms with Gasteiger partial charge in [-0.15, -0.1) is 0 Å². The number of carbonyl (C=O) groups is 2. The third-order valence-corrected chi connectivity index (χ3v) is 3.41. The molecule has 0 spiro atoms. The standard InChI is InChI=1S/C13H24O4/c1-7-9(3)17-11(16)13(8-2,10(14)15)12(4,5)6/h9H,7-8H2,1-6H3,(H,14,15). The fourth-order valence-electron chi connectivity index (χ4n) is 1.91. The van der Waals surface area contributed by atoms with E-state index < -0.39 is 22.8 Å². The summed E-state index contributed by atoms with van der Waals surface area (Å²) < 4.78 is 5.22. The summed E-state index contributed by atoms with van der Waals surface area (Å²) in [6.45, 7) is 10.6. The summed E-state index contributed by atoms with van der Waals surface area (Å²) >= 11 is 0. The van der Waals surface area contributed by atoms with Crippen LogP contribution in [0, 0.1) is 10.8 Å². The maximum absolute atomic E-state index is 12.2. The van der Waals surface area contributed by atoms with E-state index in [1.165, 1.54) is 0 Å². The van der Waals surface area contributed by atoms with Crippen LogP contribution >= 0.6 is 0 Å². The van der Waals surface area contributed by atoms with Crippen LogP contribution in [0.2, 0.25) is 0 Å². The van der Waals surface area contributed by atoms with Crippen molar-refractivity contribution in [2.45, 2.75) is 60.5 Å². The highest BCUT2D eigenvalue weighted by Crippen LogP contribution is 2.43. The Labute approximate surface area is 103 Å². The zero-order valence-electron chi connectivity index (χ0n) is 11.7. The second-order valence-electron chi connectivity index (χ2n) is 5.44. The van der Waals surface area contributed by atoms with E-state index in [-0.39, 0.29) is 12.5 Å². The number of hydrogen-bond acceptors (Lipinski definition) is 3. The van der Waals surface area contributed by atoms with Gasteiger partial charge in [-0.1, -0.05) is 34.6 Å². The number of ether oxygens (including phenoxy) is 1. The van der Waals surface area contributed by atoms with Crippen LogP contribution in [0.1, 0.15) is 54.4 Å². The Morgan fingerprint density at radius 3 is 1.94 bits per heavy atom. The van der Waals surface area contributed by atoms with E-state index in [2.05, 4.69) is 0 Å². The molecule has 17 heavy (non-hydrogen) atoms. The van der Waals surface area contributed by atoms with Crippen LogP contribution < -0.4 is 0 Å². The van der Waals surface area contributed by atoms with Crippen molar-refractivity contribution >= 4 is 11.9 Å². The van der Waals surface area contributed by atoms with Gasteiger partial charge in [-0.2, -0.15) is 0 Å². The molecular weight excluding hydrogens is 220 g/mol. The zero-order chi connectivity index (χ0) is 13.9. The maximum atomic E-state index is 12.2. The van der Waals surface area contributed by atoms with Gasteiger partial charge in [0, 0.05) is 0 Å². The first-order valence-corrected chi connectivity index (χ1v) is 6.08. The second kappa shape index (κ2) is 5.52. The van der Waals surface area contributed by atoms with Crippen molar-refractivity contribution in [1.82, 2.24) is 0 Å². The van der Waals surface area contributed by atoms with Gasteiger partial charge in [-0.3, -0.25) is 9.59 Å². The molecule has 0 aromatic heterocycles. The molecule has 1 N–H and O–H groups in total. The Morgan fingerprint density at radius 2 is 1.71 bits per heavy atom. The number of carboxylic acids is 1. The Kier molecular flexibility index (Phi) is 5.17. The van der Waals surface area contributed by atoms with E-state index >= 15 is 0 Å². The molecule has 0 amide bonds. The molecule has 4 heteroatoms. The number of carbonyl (C=O) groups excluding carboxylic acids is 1. The topological polar surface area (TPSA) is 63.6 Å². The molecule has 0 saturated carbocycles. The smallest absolute Gasteiger partial charge is 0.324 e. The summed E-state index contributed by atoms with van der Waals surface area (Å²) in [6.07, 6.45) is 0.645. The minimum Gasteiger partial charge on any atom is -0.480 e. The van der Waals surface area contributed by atoms with Gasteiger partial charge in [0.2, 0.25) is 0 Å². The van der Waals surface area contributed by atoms with Crippen molar-refractivity contribution in [2.75, 3.05) is 0 Å². The molecule has 2 atom stereocenters. The third-order valence-electron chi connectivity index (χ3n) is 3.41. The van der Waals surface area contributed by atoms with Crippen molar-refractivity contribution in [3.8, 4) is 0 Å². The maximum Gasteiger partial charge on any atom is 0.324 e. The molecule has 0 radical (unpaired) electrons. The Hall–Kier alpha value is -1.06. The number of aliphatic carboxylic acids is 1. The first-order valence-electron chi connectivity index (χ1n) is 6.08. The number of rotatable bonds is 5. The zero-order valence-corrected chi connectivity index (χ0v) is 11.7. The van der Waals surface area contributed by atoms with E-state index in [1.807, 2.05) is 6.92 Å². The molecule has 2 unspecified atom stereocenters. The molecule has 0 rings (SSSR count). The van der Waals surface area contributed by atoms with Crippen molar-refractivity contribution in [3.05, 3.63) is 0 Å². The fraction of sp³-hybridized carbons (Fsp3) is 0.846. The van der Waals surface area contributed by atoms with Crippen LogP contribution in [-0.2, 0) is 14.3 Å². The van der Waals surface area contributed by atoms with Crippen LogP contribution in [-0.4, -0.2) is 23.1 Å². The van der Waals surface area contributed by atoms with Crippen LogP contribution in [0.4, 0.5) is 0 Å². The summed E-state index contributed by atoms with van der Waals surface area (Å²) in [6, 6.07) is 0. The summed E-state index contributed by atoms with van der Waals surface area (Å²) in [7, 11) is 0. The summed E-state index contributed by atoms with van der Waals surface area (Å²) in [5, 5.41) is 9.41. The Morgan fingerprint density at radius 1 is 1.24 bits per heavy atom. The summed E-state index contributed by atoms with van der Waals surface area (Å²) in [4.78, 5) is 23.7. The van der Waals surface area contributed by atoms with Crippen molar-refractivity contribution in [3.63, 3.8) is 0 Å². The summed E-state index contributed by atoms with van der Waals surface area (Å²) in [5.74, 6) is -1.74. The van der Waals surface area contributed by atoms with Gasteiger partial charge in [0.25, 0.3) is 0 Å². The summed E-state index contributed by atoms with van der Waals surface area (Å²) in [5.41, 5.74) is -2.16. The van der Waals surface area contributed by atoms with Gasteiger partial charge in [0.15, 0.2) is 5.41 Å². The predicted molar refractivity (Wildman–Crippen MR) is 65.7 cm³/mol. The predicted octanol–water partition coefficient (Wildman–Crippen LogP) is 2.86. The fourth-order valence-corrected chi connectivity index (χ4v) is 1.91. The molecule has 0 fully saturated rings. The quantitative estimate of drug-likeness (QED) is 0.596. The SMILES string of the molecule is CCC(C)OC(=O)C(CC)(C(=O)O)C(C)(C)C. The molecule has 0 heterocycles. The van der Waals surface area contributed by atoms with E-state index in [4.69, 9.17) is 4.74 Å². The molecule has 0 aliphatic carbocycles. The lowest BCUT2D eigenvalue weighted by molar-refractivity contribution is -0.181. The molecule has 0 bridgehead atoms. The van der Waals surface area contributed by atoms with Gasteiger partial charge in [-0.05, 0) is 25.2 Å². The van der Waals surface area contributed by atoms with Crippen molar-refractivity contribution in [1.29, 1.82) is 0 Å². The molecule has 0 aromatic rings. The first-order chi connectivity index (χ1) is 7.63. The lowest BCUT2D eigenvalue weighted by Crippen LogP contribution is -2.50. The number of esters is 1. The van der Waals surface area contributed by atoms with Gasteiger partial charge in [-0.25, -0.2) is 0 Å². The minimum atomic E-state index is -1.48. The third kappa shape index (κ3) is 2.99. The normalized spacial score (nSPS) is 17.1. The lowest BCUT2D eigenvalue weighted by Gasteiger charge is -2.38. The lowest BCUT2D eigenvalue weighted by atomic mass is 9.65. The number of hydrogen-bond donors (Lipinski definition) is 1. The molecular formula is C13H24O4. The number of carboxylic acid groups (broad SMARTS) is 1. The van der Waals surface area contributed by atoms with E-state index in [9.17, 15) is 14.7 Å². The Balaban J connectivity index is 5.33. The molecule has 0 aromatic carbocycles. The molecule has 4 nitrogen and oxygen atoms in total. The molecule has 0 saturated heterocycles. The average molecular weight is 244 g/mol. The van der Waals surface area contributed by atoms with E-state index in [1.54, 1.807) is 34.6 Å².